The van der Waals surface area contributed by atoms with Gasteiger partial charge in [-0.05, 0) is 42.7 Å². The lowest BCUT2D eigenvalue weighted by molar-refractivity contribution is -0.111. The van der Waals surface area contributed by atoms with E-state index in [-0.39, 0.29) is 12.0 Å². The molecule has 25 heavy (non-hydrogen) atoms. The van der Waals surface area contributed by atoms with Gasteiger partial charge >= 0.3 is 0 Å². The summed E-state index contributed by atoms with van der Waals surface area (Å²) in [6.45, 7) is 1.11. The van der Waals surface area contributed by atoms with E-state index in [2.05, 4.69) is 10.3 Å². The number of ether oxygens (including phenoxy) is 2. The number of carbonyl (C=O) groups is 1. The number of halogens is 1. The van der Waals surface area contributed by atoms with E-state index < -0.39 is 5.82 Å². The first-order chi connectivity index (χ1) is 12.2. The minimum absolute atomic E-state index is 0.0408. The van der Waals surface area contributed by atoms with Crippen LogP contribution in [0.5, 0.6) is 5.75 Å². The van der Waals surface area contributed by atoms with Gasteiger partial charge in [0.15, 0.2) is 0 Å². The van der Waals surface area contributed by atoms with Crippen molar-refractivity contribution in [3.8, 4) is 5.75 Å². The van der Waals surface area contributed by atoms with Crippen LogP contribution < -0.4 is 10.1 Å². The molecule has 0 aliphatic carbocycles. The molecule has 3 rings (SSSR count). The third kappa shape index (κ3) is 5.12. The largest absolute Gasteiger partial charge is 0.489 e. The third-order valence-corrected chi connectivity index (χ3v) is 3.76. The number of nitrogens with zero attached hydrogens (tertiary/aromatic N) is 1. The van der Waals surface area contributed by atoms with Crippen molar-refractivity contribution in [2.75, 3.05) is 18.5 Å². The molecule has 0 radical (unpaired) electrons. The summed E-state index contributed by atoms with van der Waals surface area (Å²) in [5, 5.41) is 2.65. The monoisotopic (exact) mass is 342 g/mol. The van der Waals surface area contributed by atoms with Gasteiger partial charge in [0.2, 0.25) is 5.91 Å². The normalized spacial score (nSPS) is 16.9. The quantitative estimate of drug-likeness (QED) is 0.817. The molecular formula is C19H19FN2O3. The van der Waals surface area contributed by atoms with Gasteiger partial charge in [-0.15, -0.1) is 0 Å². The number of hydrogen-bond acceptors (Lipinski definition) is 4. The lowest BCUT2D eigenvalue weighted by Gasteiger charge is -2.15. The summed E-state index contributed by atoms with van der Waals surface area (Å²) >= 11 is 0. The van der Waals surface area contributed by atoms with Gasteiger partial charge in [0.1, 0.15) is 18.2 Å². The predicted molar refractivity (Wildman–Crippen MR) is 92.8 cm³/mol. The van der Waals surface area contributed by atoms with E-state index in [9.17, 15) is 9.18 Å². The molecule has 1 aromatic heterocycles. The summed E-state index contributed by atoms with van der Waals surface area (Å²) in [6.07, 6.45) is 8.29. The van der Waals surface area contributed by atoms with Crippen molar-refractivity contribution < 1.29 is 18.7 Å². The summed E-state index contributed by atoms with van der Waals surface area (Å²) in [5.41, 5.74) is 1.09. The van der Waals surface area contributed by atoms with Crippen LogP contribution in [0.2, 0.25) is 0 Å². The highest BCUT2D eigenvalue weighted by Crippen LogP contribution is 2.26. The van der Waals surface area contributed by atoms with E-state index in [0.29, 0.717) is 18.0 Å². The first-order valence-electron chi connectivity index (χ1n) is 8.14. The molecule has 2 heterocycles. The van der Waals surface area contributed by atoms with Crippen LogP contribution in [0, 0.1) is 5.82 Å². The fourth-order valence-electron chi connectivity index (χ4n) is 2.51. The smallest absolute Gasteiger partial charge is 0.248 e. The molecule has 5 nitrogen and oxygen atoms in total. The molecule has 0 saturated carbocycles. The molecule has 0 bridgehead atoms. The zero-order chi connectivity index (χ0) is 17.5. The molecule has 1 saturated heterocycles. The highest BCUT2D eigenvalue weighted by atomic mass is 19.1. The first kappa shape index (κ1) is 17.1. The van der Waals surface area contributed by atoms with Gasteiger partial charge in [-0.1, -0.05) is 6.07 Å². The van der Waals surface area contributed by atoms with Crippen molar-refractivity contribution in [1.29, 1.82) is 0 Å². The Hall–Kier alpha value is -2.73. The molecule has 1 aromatic carbocycles. The topological polar surface area (TPSA) is 60.5 Å². The number of anilines is 1. The summed E-state index contributed by atoms with van der Waals surface area (Å²) < 4.78 is 24.7. The van der Waals surface area contributed by atoms with Crippen molar-refractivity contribution in [3.05, 3.63) is 60.2 Å². The number of hydrogen-bond donors (Lipinski definition) is 1. The van der Waals surface area contributed by atoms with Crippen LogP contribution in [-0.4, -0.2) is 30.2 Å². The number of nitrogens with one attached hydrogen (secondary N) is 1. The second-order valence-electron chi connectivity index (χ2n) is 5.70. The first-order valence-corrected chi connectivity index (χ1v) is 8.14. The fourth-order valence-corrected chi connectivity index (χ4v) is 2.51. The molecular weight excluding hydrogens is 323 g/mol. The second-order valence-corrected chi connectivity index (χ2v) is 5.70. The Morgan fingerprint density at radius 3 is 3.12 bits per heavy atom. The van der Waals surface area contributed by atoms with Crippen molar-refractivity contribution in [2.45, 2.75) is 18.9 Å². The Morgan fingerprint density at radius 2 is 2.36 bits per heavy atom. The number of rotatable bonds is 6. The molecule has 0 spiro atoms. The van der Waals surface area contributed by atoms with Crippen molar-refractivity contribution in [2.24, 2.45) is 0 Å². The van der Waals surface area contributed by atoms with Crippen molar-refractivity contribution in [3.63, 3.8) is 0 Å². The Bertz CT molecular complexity index is 744. The summed E-state index contributed by atoms with van der Waals surface area (Å²) in [6, 6.07) is 7.65. The van der Waals surface area contributed by atoms with Crippen LogP contribution in [0.3, 0.4) is 0 Å². The Balaban J connectivity index is 1.64. The molecule has 1 unspecified atom stereocenters. The minimum Gasteiger partial charge on any atom is -0.489 e. The zero-order valence-electron chi connectivity index (χ0n) is 13.7. The van der Waals surface area contributed by atoms with E-state index in [1.807, 2.05) is 6.07 Å². The molecule has 1 atom stereocenters. The second kappa shape index (κ2) is 8.39. The van der Waals surface area contributed by atoms with Gasteiger partial charge in [-0.2, -0.15) is 0 Å². The molecule has 130 valence electrons. The fraction of sp³-hybridized carbons (Fsp3) is 0.263. The van der Waals surface area contributed by atoms with E-state index in [1.165, 1.54) is 24.3 Å². The van der Waals surface area contributed by atoms with Crippen LogP contribution in [0.1, 0.15) is 18.4 Å². The maximum absolute atomic E-state index is 13.5. The zero-order valence-corrected chi connectivity index (χ0v) is 13.7. The van der Waals surface area contributed by atoms with Crippen LogP contribution in [0.4, 0.5) is 10.1 Å². The van der Waals surface area contributed by atoms with Gasteiger partial charge in [-0.3, -0.25) is 9.78 Å². The van der Waals surface area contributed by atoms with Crippen LogP contribution >= 0.6 is 0 Å². The lowest BCUT2D eigenvalue weighted by Crippen LogP contribution is -2.17. The molecule has 2 aromatic rings. The number of aromatic nitrogens is 1. The van der Waals surface area contributed by atoms with Gasteiger partial charge in [0.05, 0.1) is 11.8 Å². The predicted octanol–water partition coefficient (Wildman–Crippen LogP) is 3.43. The minimum atomic E-state index is -0.448. The molecule has 1 N–H and O–H groups in total. The van der Waals surface area contributed by atoms with Crippen molar-refractivity contribution >= 4 is 17.7 Å². The maximum atomic E-state index is 13.5. The highest BCUT2D eigenvalue weighted by Gasteiger charge is 2.17. The molecule has 1 fully saturated rings. The number of benzene rings is 1. The van der Waals surface area contributed by atoms with E-state index in [1.54, 1.807) is 24.5 Å². The van der Waals surface area contributed by atoms with Crippen LogP contribution in [-0.2, 0) is 9.53 Å². The van der Waals surface area contributed by atoms with Crippen molar-refractivity contribution in [1.82, 2.24) is 4.98 Å². The Kier molecular flexibility index (Phi) is 5.74. The summed E-state index contributed by atoms with van der Waals surface area (Å²) in [5.74, 6) is -0.410. The molecule has 1 aliphatic heterocycles. The summed E-state index contributed by atoms with van der Waals surface area (Å²) in [7, 11) is 0. The van der Waals surface area contributed by atoms with Gasteiger partial charge in [0, 0.05) is 31.1 Å². The van der Waals surface area contributed by atoms with E-state index >= 15 is 0 Å². The van der Waals surface area contributed by atoms with E-state index in [0.717, 1.165) is 25.0 Å². The number of carbonyl (C=O) groups excluding carboxylic acids is 1. The number of pyridine rings is 1. The molecule has 6 heteroatoms. The van der Waals surface area contributed by atoms with Crippen LogP contribution in [0.25, 0.3) is 6.08 Å². The standard InChI is InChI=1S/C19H19FN2O3/c20-15-6-7-18(25-13-16-4-2-10-24-16)17(11-15)22-19(23)8-5-14-3-1-9-21-12-14/h1,3,5-9,11-12,16H,2,4,10,13H2,(H,22,23). The van der Waals surface area contributed by atoms with Gasteiger partial charge in [-0.25, -0.2) is 4.39 Å². The SMILES string of the molecule is O=C(C=Cc1cccnc1)Nc1cc(F)ccc1OCC1CCCO1. The average Bonchev–Trinajstić information content (AvgIpc) is 3.14. The Morgan fingerprint density at radius 1 is 1.44 bits per heavy atom. The van der Waals surface area contributed by atoms with Gasteiger partial charge < -0.3 is 14.8 Å². The third-order valence-electron chi connectivity index (χ3n) is 3.76. The van der Waals surface area contributed by atoms with E-state index in [4.69, 9.17) is 9.47 Å². The lowest BCUT2D eigenvalue weighted by atomic mass is 10.2. The Labute approximate surface area is 145 Å². The average molecular weight is 342 g/mol. The molecule has 1 aliphatic rings. The number of amides is 1. The molecule has 1 amide bonds. The summed E-state index contributed by atoms with van der Waals surface area (Å²) in [4.78, 5) is 16.1. The van der Waals surface area contributed by atoms with Gasteiger partial charge in [0.25, 0.3) is 0 Å². The van der Waals surface area contributed by atoms with Crippen LogP contribution in [0.15, 0.2) is 48.8 Å². The highest BCUT2D eigenvalue weighted by molar-refractivity contribution is 6.02. The maximum Gasteiger partial charge on any atom is 0.248 e.